The third-order valence-electron chi connectivity index (χ3n) is 0.516. The highest BCUT2D eigenvalue weighted by atomic mass is 16.5. The van der Waals surface area contributed by atoms with Crippen molar-refractivity contribution >= 4 is 5.97 Å². The number of methoxy groups -OCH3 is 1. The topological polar surface area (TPSA) is 26.3 Å². The average Bonchev–Trinajstić information content (AvgIpc) is 1.91. The molecule has 0 aliphatic carbocycles. The number of carbonyl (C=O) groups excluding carboxylic acids is 1. The molecule has 2 nitrogen and oxygen atoms in total. The second-order valence-electron chi connectivity index (χ2n) is 0.930. The number of esters is 1. The maximum atomic E-state index is 9.96. The van der Waals surface area contributed by atoms with Gasteiger partial charge in [-0.05, 0) is 0 Å². The molecule has 58 valence electrons. The summed E-state index contributed by atoms with van der Waals surface area (Å²) in [5.74, 6) is -0.157. The zero-order chi connectivity index (χ0) is 6.99. The molecule has 0 saturated heterocycles. The van der Waals surface area contributed by atoms with E-state index in [-0.39, 0.29) is 13.4 Å². The number of hydrogen-bond donors (Lipinski definition) is 0. The number of rotatable bonds is 1. The predicted octanol–water partition coefficient (Wildman–Crippen LogP) is 2.23. The van der Waals surface area contributed by atoms with Crippen LogP contribution in [-0.2, 0) is 9.53 Å². The van der Waals surface area contributed by atoms with Gasteiger partial charge in [0.25, 0.3) is 0 Å². The fraction of sp³-hybridized carbons (Fsp3) is 0.857. The molecule has 0 fully saturated rings. The van der Waals surface area contributed by atoms with Gasteiger partial charge in [0.15, 0.2) is 0 Å². The maximum Gasteiger partial charge on any atom is 0.305 e. The monoisotopic (exact) mass is 134 g/mol. The first-order valence-corrected chi connectivity index (χ1v) is 2.88. The Hall–Kier alpha value is -0.530. The summed E-state index contributed by atoms with van der Waals surface area (Å²) in [6, 6.07) is 0. The Morgan fingerprint density at radius 3 is 1.78 bits per heavy atom. The van der Waals surface area contributed by atoms with Gasteiger partial charge < -0.3 is 4.74 Å². The molecule has 0 bridgehead atoms. The summed E-state index contributed by atoms with van der Waals surface area (Å²) >= 11 is 0. The van der Waals surface area contributed by atoms with E-state index in [0.717, 1.165) is 0 Å². The molecular formula is C7H18O2. The van der Waals surface area contributed by atoms with Gasteiger partial charge in [0.05, 0.1) is 7.11 Å². The van der Waals surface area contributed by atoms with Crippen molar-refractivity contribution in [2.45, 2.75) is 34.6 Å². The first kappa shape index (κ1) is 15.8. The van der Waals surface area contributed by atoms with Crippen LogP contribution in [0.4, 0.5) is 0 Å². The van der Waals surface area contributed by atoms with Crippen molar-refractivity contribution in [2.24, 2.45) is 0 Å². The van der Waals surface area contributed by atoms with Crippen molar-refractivity contribution in [2.75, 3.05) is 7.11 Å². The van der Waals surface area contributed by atoms with E-state index in [1.807, 2.05) is 13.8 Å². The zero-order valence-electron chi connectivity index (χ0n) is 6.02. The molecule has 0 radical (unpaired) electrons. The lowest BCUT2D eigenvalue weighted by molar-refractivity contribution is -0.140. The van der Waals surface area contributed by atoms with E-state index in [1.165, 1.54) is 7.11 Å². The first-order valence-electron chi connectivity index (χ1n) is 2.88. The lowest BCUT2D eigenvalue weighted by atomic mass is 10.5. The summed E-state index contributed by atoms with van der Waals surface area (Å²) in [6.07, 6.45) is 0.469. The van der Waals surface area contributed by atoms with Crippen molar-refractivity contribution < 1.29 is 9.53 Å². The van der Waals surface area contributed by atoms with Gasteiger partial charge in [-0.15, -0.1) is 0 Å². The summed E-state index contributed by atoms with van der Waals surface area (Å²) in [5.41, 5.74) is 0. The minimum atomic E-state index is -0.157. The molecule has 0 aromatic carbocycles. The SMILES string of the molecule is C.CC.CCC(=O)OC. The van der Waals surface area contributed by atoms with Gasteiger partial charge in [-0.1, -0.05) is 28.2 Å². The molecule has 0 aromatic rings. The highest BCUT2D eigenvalue weighted by Gasteiger charge is 1.87. The fourth-order valence-electron chi connectivity index (χ4n) is 0.144. The van der Waals surface area contributed by atoms with Crippen molar-refractivity contribution in [3.63, 3.8) is 0 Å². The van der Waals surface area contributed by atoms with Gasteiger partial charge in [-0.2, -0.15) is 0 Å². The largest absolute Gasteiger partial charge is 0.469 e. The van der Waals surface area contributed by atoms with Crippen LogP contribution in [0.2, 0.25) is 0 Å². The van der Waals surface area contributed by atoms with Gasteiger partial charge in [-0.3, -0.25) is 4.79 Å². The van der Waals surface area contributed by atoms with E-state index in [2.05, 4.69) is 4.74 Å². The van der Waals surface area contributed by atoms with Crippen LogP contribution in [0.15, 0.2) is 0 Å². The number of hydrogen-bond acceptors (Lipinski definition) is 2. The summed E-state index contributed by atoms with van der Waals surface area (Å²) in [7, 11) is 1.38. The molecule has 0 unspecified atom stereocenters. The molecule has 0 amide bonds. The van der Waals surface area contributed by atoms with E-state index in [0.29, 0.717) is 6.42 Å². The minimum absolute atomic E-state index is 0. The third kappa shape index (κ3) is 18.6. The van der Waals surface area contributed by atoms with Crippen molar-refractivity contribution in [3.8, 4) is 0 Å². The Morgan fingerprint density at radius 2 is 1.78 bits per heavy atom. The number of carbonyl (C=O) groups is 1. The lowest BCUT2D eigenvalue weighted by Gasteiger charge is -1.87. The minimum Gasteiger partial charge on any atom is -0.469 e. The molecule has 0 rings (SSSR count). The molecular weight excluding hydrogens is 116 g/mol. The van der Waals surface area contributed by atoms with E-state index in [4.69, 9.17) is 0 Å². The van der Waals surface area contributed by atoms with Crippen LogP contribution in [0, 0.1) is 0 Å². The van der Waals surface area contributed by atoms with Crippen LogP contribution in [0.25, 0.3) is 0 Å². The quantitative estimate of drug-likeness (QED) is 0.514. The van der Waals surface area contributed by atoms with E-state index in [9.17, 15) is 4.79 Å². The van der Waals surface area contributed by atoms with Gasteiger partial charge in [-0.25, -0.2) is 0 Å². The molecule has 0 aliphatic rings. The van der Waals surface area contributed by atoms with Gasteiger partial charge in [0.2, 0.25) is 0 Å². The molecule has 0 spiro atoms. The Kier molecular flexibility index (Phi) is 27.5. The van der Waals surface area contributed by atoms with Crippen molar-refractivity contribution in [1.29, 1.82) is 0 Å². The predicted molar refractivity (Wildman–Crippen MR) is 40.4 cm³/mol. The van der Waals surface area contributed by atoms with Crippen molar-refractivity contribution in [3.05, 3.63) is 0 Å². The van der Waals surface area contributed by atoms with Crippen LogP contribution in [0.5, 0.6) is 0 Å². The Balaban J connectivity index is -0.000000109. The highest BCUT2D eigenvalue weighted by molar-refractivity contribution is 5.68. The zero-order valence-corrected chi connectivity index (χ0v) is 6.02. The van der Waals surface area contributed by atoms with Crippen LogP contribution in [0.1, 0.15) is 34.6 Å². The van der Waals surface area contributed by atoms with E-state index >= 15 is 0 Å². The summed E-state index contributed by atoms with van der Waals surface area (Å²) in [4.78, 5) is 9.96. The summed E-state index contributed by atoms with van der Waals surface area (Å²) in [5, 5.41) is 0. The second kappa shape index (κ2) is 15.6. The van der Waals surface area contributed by atoms with Crippen LogP contribution in [0.3, 0.4) is 0 Å². The number of ether oxygens (including phenoxy) is 1. The molecule has 0 heterocycles. The smallest absolute Gasteiger partial charge is 0.305 e. The van der Waals surface area contributed by atoms with Gasteiger partial charge in [0, 0.05) is 6.42 Å². The van der Waals surface area contributed by atoms with Crippen LogP contribution >= 0.6 is 0 Å². The second-order valence-corrected chi connectivity index (χ2v) is 0.930. The average molecular weight is 134 g/mol. The standard InChI is InChI=1S/C4H8O2.C2H6.CH4/c1-3-4(5)6-2;1-2;/h3H2,1-2H3;1-2H3;1H4. The molecule has 0 saturated carbocycles. The first-order chi connectivity index (χ1) is 3.81. The molecule has 0 aliphatic heterocycles. The molecule has 0 aromatic heterocycles. The van der Waals surface area contributed by atoms with Gasteiger partial charge >= 0.3 is 5.97 Å². The summed E-state index contributed by atoms with van der Waals surface area (Å²) in [6.45, 7) is 5.76. The van der Waals surface area contributed by atoms with E-state index < -0.39 is 0 Å². The maximum absolute atomic E-state index is 9.96. The Morgan fingerprint density at radius 1 is 1.44 bits per heavy atom. The summed E-state index contributed by atoms with van der Waals surface area (Å²) < 4.78 is 4.26. The van der Waals surface area contributed by atoms with Crippen LogP contribution < -0.4 is 0 Å². The molecule has 2 heteroatoms. The Bertz CT molecular complexity index is 44.9. The fourth-order valence-corrected chi connectivity index (χ4v) is 0.144. The Labute approximate surface area is 58.2 Å². The third-order valence-corrected chi connectivity index (χ3v) is 0.516. The normalized spacial score (nSPS) is 5.78. The lowest BCUT2D eigenvalue weighted by Crippen LogP contribution is -1.94. The molecule has 0 N–H and O–H groups in total. The van der Waals surface area contributed by atoms with E-state index in [1.54, 1.807) is 6.92 Å². The molecule has 0 atom stereocenters. The van der Waals surface area contributed by atoms with Crippen molar-refractivity contribution in [1.82, 2.24) is 0 Å². The van der Waals surface area contributed by atoms with Gasteiger partial charge in [0.1, 0.15) is 0 Å². The van der Waals surface area contributed by atoms with Crippen LogP contribution in [-0.4, -0.2) is 13.1 Å². The highest BCUT2D eigenvalue weighted by Crippen LogP contribution is 1.76. The molecule has 9 heavy (non-hydrogen) atoms.